The third kappa shape index (κ3) is 3.87. The largest absolute Gasteiger partial charge is 0.493 e. The molecule has 32 heavy (non-hydrogen) atoms. The van der Waals surface area contributed by atoms with Crippen molar-refractivity contribution in [3.63, 3.8) is 0 Å². The van der Waals surface area contributed by atoms with Crippen molar-refractivity contribution in [2.24, 2.45) is 0 Å². The highest BCUT2D eigenvalue weighted by atomic mass is 19.3. The van der Waals surface area contributed by atoms with Crippen LogP contribution in [0.2, 0.25) is 0 Å². The van der Waals surface area contributed by atoms with Gasteiger partial charge in [-0.15, -0.1) is 0 Å². The monoisotopic (exact) mass is 435 g/mol. The van der Waals surface area contributed by atoms with E-state index in [4.69, 9.17) is 9.26 Å². The molecule has 0 unspecified atom stereocenters. The van der Waals surface area contributed by atoms with Gasteiger partial charge in [0.15, 0.2) is 11.5 Å². The molecule has 0 aliphatic heterocycles. The van der Waals surface area contributed by atoms with E-state index < -0.39 is 6.61 Å². The Morgan fingerprint density at radius 2 is 1.84 bits per heavy atom. The van der Waals surface area contributed by atoms with Gasteiger partial charge in [0.25, 0.3) is 0 Å². The summed E-state index contributed by atoms with van der Waals surface area (Å²) < 4.78 is 39.9. The average Bonchev–Trinajstić information content (AvgIpc) is 3.42. The summed E-state index contributed by atoms with van der Waals surface area (Å²) in [5, 5.41) is 7.29. The predicted molar refractivity (Wildman–Crippen MR) is 115 cm³/mol. The second kappa shape index (κ2) is 8.30. The molecule has 0 atom stereocenters. The molecule has 3 aromatic carbocycles. The zero-order chi connectivity index (χ0) is 22.1. The highest BCUT2D eigenvalue weighted by molar-refractivity contribution is 5.78. The van der Waals surface area contributed by atoms with E-state index in [2.05, 4.69) is 56.6 Å². The Kier molecular flexibility index (Phi) is 5.18. The van der Waals surface area contributed by atoms with Crippen molar-refractivity contribution >= 4 is 5.69 Å². The van der Waals surface area contributed by atoms with Gasteiger partial charge >= 0.3 is 6.61 Å². The molecule has 6 nitrogen and oxygen atoms in total. The number of benzene rings is 3. The van der Waals surface area contributed by atoms with E-state index in [-0.39, 0.29) is 11.5 Å². The lowest BCUT2D eigenvalue weighted by Crippen LogP contribution is -2.03. The van der Waals surface area contributed by atoms with Gasteiger partial charge in [0.1, 0.15) is 0 Å². The van der Waals surface area contributed by atoms with E-state index in [0.717, 1.165) is 12.1 Å². The molecule has 0 saturated carbocycles. The van der Waals surface area contributed by atoms with Gasteiger partial charge in [-0.05, 0) is 59.0 Å². The average molecular weight is 435 g/mol. The minimum absolute atomic E-state index is 0.0598. The summed E-state index contributed by atoms with van der Waals surface area (Å²) in [5.74, 6) is 0.825. The maximum absolute atomic E-state index is 12.5. The molecule has 1 N–H and O–H groups in total. The van der Waals surface area contributed by atoms with Crippen molar-refractivity contribution in [1.29, 1.82) is 0 Å². The molecule has 0 fully saturated rings. The van der Waals surface area contributed by atoms with Crippen LogP contribution in [0.4, 0.5) is 14.5 Å². The first-order chi connectivity index (χ1) is 15.6. The van der Waals surface area contributed by atoms with E-state index in [0.29, 0.717) is 23.8 Å². The van der Waals surface area contributed by atoms with E-state index in [1.54, 1.807) is 6.07 Å². The molecule has 4 aromatic rings. The third-order valence-corrected chi connectivity index (χ3v) is 5.34. The molecule has 0 spiro atoms. The maximum atomic E-state index is 12.5. The number of halogens is 2. The van der Waals surface area contributed by atoms with Gasteiger partial charge in [-0.1, -0.05) is 35.5 Å². The standard InChI is InChI=1S/C24H19F2N3O3/c1-30-21-12-15(6-9-20(21)31-24(25)26)23-28-22(32-29-23)13-27-17-7-8-19-16(11-17)10-14-4-2-3-5-18(14)19/h2-9,11-12,24,27H,10,13H2,1H3. The SMILES string of the molecule is COc1cc(-c2noc(CNc3ccc4c(c3)Cc3ccccc3-4)n2)ccc1OC(F)F. The molecule has 1 aromatic heterocycles. The molecule has 0 bridgehead atoms. The van der Waals surface area contributed by atoms with Crippen LogP contribution in [0.25, 0.3) is 22.5 Å². The molecule has 0 radical (unpaired) electrons. The fourth-order valence-electron chi connectivity index (χ4n) is 3.88. The smallest absolute Gasteiger partial charge is 0.387 e. The number of hydrogen-bond donors (Lipinski definition) is 1. The quantitative estimate of drug-likeness (QED) is 0.363. The molecular weight excluding hydrogens is 416 g/mol. The fraction of sp³-hybridized carbons (Fsp3) is 0.167. The number of fused-ring (bicyclic) bond motifs is 3. The van der Waals surface area contributed by atoms with Crippen molar-refractivity contribution in [3.05, 3.63) is 77.7 Å². The van der Waals surface area contributed by atoms with Crippen LogP contribution in [0.15, 0.2) is 65.2 Å². The highest BCUT2D eigenvalue weighted by Crippen LogP contribution is 2.37. The van der Waals surface area contributed by atoms with Gasteiger partial charge in [-0.2, -0.15) is 13.8 Å². The van der Waals surface area contributed by atoms with Crippen LogP contribution in [0.5, 0.6) is 11.5 Å². The Morgan fingerprint density at radius 3 is 2.69 bits per heavy atom. The van der Waals surface area contributed by atoms with Crippen LogP contribution in [-0.4, -0.2) is 23.9 Å². The van der Waals surface area contributed by atoms with Crippen molar-refractivity contribution in [1.82, 2.24) is 10.1 Å². The van der Waals surface area contributed by atoms with Crippen LogP contribution in [0, 0.1) is 0 Å². The van der Waals surface area contributed by atoms with Gasteiger partial charge in [0.05, 0.1) is 13.7 Å². The Hall–Kier alpha value is -3.94. The topological polar surface area (TPSA) is 69.4 Å². The normalized spacial score (nSPS) is 11.9. The summed E-state index contributed by atoms with van der Waals surface area (Å²) >= 11 is 0. The Labute approximate surface area is 182 Å². The van der Waals surface area contributed by atoms with Crippen molar-refractivity contribution in [2.45, 2.75) is 19.6 Å². The zero-order valence-corrected chi connectivity index (χ0v) is 17.1. The maximum Gasteiger partial charge on any atom is 0.387 e. The second-order valence-corrected chi connectivity index (χ2v) is 7.32. The number of anilines is 1. The van der Waals surface area contributed by atoms with E-state index in [9.17, 15) is 8.78 Å². The van der Waals surface area contributed by atoms with Crippen LogP contribution in [0.1, 0.15) is 17.0 Å². The van der Waals surface area contributed by atoms with E-state index >= 15 is 0 Å². The molecule has 1 aliphatic carbocycles. The lowest BCUT2D eigenvalue weighted by molar-refractivity contribution is -0.0512. The number of ether oxygens (including phenoxy) is 2. The predicted octanol–water partition coefficient (Wildman–Crippen LogP) is 5.53. The first-order valence-electron chi connectivity index (χ1n) is 10.0. The summed E-state index contributed by atoms with van der Waals surface area (Å²) in [6.45, 7) is -2.59. The lowest BCUT2D eigenvalue weighted by Gasteiger charge is -2.10. The number of nitrogens with zero attached hydrogens (tertiary/aromatic N) is 2. The summed E-state index contributed by atoms with van der Waals surface area (Å²) in [6, 6.07) is 19.2. The number of nitrogens with one attached hydrogen (secondary N) is 1. The minimum atomic E-state index is -2.94. The molecule has 162 valence electrons. The molecule has 8 heteroatoms. The van der Waals surface area contributed by atoms with Gasteiger partial charge in [0, 0.05) is 11.3 Å². The number of rotatable bonds is 7. The third-order valence-electron chi connectivity index (χ3n) is 5.34. The van der Waals surface area contributed by atoms with E-state index in [1.807, 2.05) is 6.07 Å². The minimum Gasteiger partial charge on any atom is -0.493 e. The molecule has 1 aliphatic rings. The van der Waals surface area contributed by atoms with Crippen molar-refractivity contribution in [2.75, 3.05) is 12.4 Å². The summed E-state index contributed by atoms with van der Waals surface area (Å²) in [6.07, 6.45) is 0.916. The van der Waals surface area contributed by atoms with Crippen LogP contribution in [0.3, 0.4) is 0 Å². The van der Waals surface area contributed by atoms with E-state index in [1.165, 1.54) is 41.5 Å². The van der Waals surface area contributed by atoms with Gasteiger partial charge in [-0.25, -0.2) is 0 Å². The highest BCUT2D eigenvalue weighted by Gasteiger charge is 2.18. The van der Waals surface area contributed by atoms with Gasteiger partial charge in [-0.3, -0.25) is 0 Å². The van der Waals surface area contributed by atoms with Crippen LogP contribution < -0.4 is 14.8 Å². The lowest BCUT2D eigenvalue weighted by atomic mass is 10.1. The molecule has 0 saturated heterocycles. The van der Waals surface area contributed by atoms with Crippen LogP contribution in [-0.2, 0) is 13.0 Å². The Morgan fingerprint density at radius 1 is 1.00 bits per heavy atom. The molecule has 1 heterocycles. The summed E-state index contributed by atoms with van der Waals surface area (Å²) in [7, 11) is 1.37. The number of aromatic nitrogens is 2. The van der Waals surface area contributed by atoms with Gasteiger partial charge in [0.2, 0.25) is 11.7 Å². The second-order valence-electron chi connectivity index (χ2n) is 7.32. The molecule has 5 rings (SSSR count). The van der Waals surface area contributed by atoms with Crippen molar-refractivity contribution in [3.8, 4) is 34.0 Å². The summed E-state index contributed by atoms with van der Waals surface area (Å²) in [5.41, 5.74) is 6.69. The van der Waals surface area contributed by atoms with Crippen LogP contribution >= 0.6 is 0 Å². The molecular formula is C24H19F2N3O3. The number of alkyl halides is 2. The number of hydrogen-bond acceptors (Lipinski definition) is 6. The fourth-order valence-corrected chi connectivity index (χ4v) is 3.88. The number of methoxy groups -OCH3 is 1. The summed E-state index contributed by atoms with van der Waals surface area (Å²) in [4.78, 5) is 4.38. The van der Waals surface area contributed by atoms with Crippen molar-refractivity contribution < 1.29 is 22.8 Å². The van der Waals surface area contributed by atoms with Gasteiger partial charge < -0.3 is 19.3 Å². The Balaban J connectivity index is 1.28. The Bertz CT molecular complexity index is 1270. The molecule has 0 amide bonds. The first-order valence-corrected chi connectivity index (χ1v) is 10.0. The first kappa shape index (κ1) is 20.0. The zero-order valence-electron chi connectivity index (χ0n) is 17.1.